The average molecular weight is 787 g/mol. The summed E-state index contributed by atoms with van der Waals surface area (Å²) in [4.78, 5) is 0. The zero-order valence-electron chi connectivity index (χ0n) is 34.2. The van der Waals surface area contributed by atoms with Crippen LogP contribution in [0, 0.1) is 0 Å². The molecule has 0 saturated carbocycles. The molecule has 0 aromatic heterocycles. The van der Waals surface area contributed by atoms with Gasteiger partial charge in [-0.1, -0.05) is 189 Å². The van der Waals surface area contributed by atoms with Gasteiger partial charge in [0.1, 0.15) is 24.7 Å². The van der Waals surface area contributed by atoms with Gasteiger partial charge in [0.15, 0.2) is 0 Å². The molecule has 0 aliphatic heterocycles. The van der Waals surface area contributed by atoms with Crippen molar-refractivity contribution in [3.05, 3.63) is 228 Å². The Bertz CT molecular complexity index is 2540. The van der Waals surface area contributed by atoms with Crippen LogP contribution in [0.15, 0.2) is 189 Å². The fraction of sp³-hybridized carbons (Fsp3) is 0.143. The summed E-state index contributed by atoms with van der Waals surface area (Å²) >= 11 is 0. The van der Waals surface area contributed by atoms with Crippen molar-refractivity contribution in [2.45, 2.75) is 25.6 Å². The lowest BCUT2D eigenvalue weighted by Crippen LogP contribution is -2.28. The lowest BCUT2D eigenvalue weighted by molar-refractivity contribution is 0.0879. The molecule has 4 heteroatoms. The van der Waals surface area contributed by atoms with Gasteiger partial charge in [0.25, 0.3) is 0 Å². The number of fused-ring (bicyclic) bond motifs is 2. The molecule has 0 aliphatic rings. The first-order chi connectivity index (χ1) is 29.5. The van der Waals surface area contributed by atoms with Crippen LogP contribution in [0.3, 0.4) is 0 Å². The molecule has 0 saturated heterocycles. The van der Waals surface area contributed by atoms with E-state index in [1.165, 1.54) is 5.56 Å². The first kappa shape index (κ1) is 40.1. The second kappa shape index (κ2) is 18.9. The molecule has 60 heavy (non-hydrogen) atoms. The van der Waals surface area contributed by atoms with Crippen molar-refractivity contribution >= 4 is 33.7 Å². The summed E-state index contributed by atoms with van der Waals surface area (Å²) in [6, 6.07) is 61.7. The molecule has 0 unspecified atom stereocenters. The fourth-order valence-electron chi connectivity index (χ4n) is 8.12. The van der Waals surface area contributed by atoms with E-state index in [2.05, 4.69) is 196 Å². The highest BCUT2D eigenvalue weighted by atomic mass is 16.5. The van der Waals surface area contributed by atoms with Crippen molar-refractivity contribution in [2.75, 3.05) is 26.4 Å². The van der Waals surface area contributed by atoms with Crippen LogP contribution in [0.25, 0.3) is 44.8 Å². The van der Waals surface area contributed by atoms with Crippen LogP contribution in [0.2, 0.25) is 0 Å². The molecule has 0 aliphatic carbocycles. The maximum absolute atomic E-state index is 6.82. The normalized spacial score (nSPS) is 11.4. The van der Waals surface area contributed by atoms with E-state index in [9.17, 15) is 0 Å². The van der Waals surface area contributed by atoms with E-state index in [0.717, 1.165) is 77.6 Å². The topological polar surface area (TPSA) is 36.9 Å². The Hall–Kier alpha value is -6.72. The SMILES string of the molecule is C=Cc1ccc(COCCOc2ccc3ccccc3c2C(C)(c2ccc(-c3ccccc3)cc2)c2c(OCCOCc3ccc(C=C)cc3)ccc3ccccc23)cc1. The van der Waals surface area contributed by atoms with E-state index in [1.54, 1.807) is 0 Å². The van der Waals surface area contributed by atoms with E-state index in [0.29, 0.717) is 39.6 Å². The monoisotopic (exact) mass is 786 g/mol. The molecule has 0 atom stereocenters. The van der Waals surface area contributed by atoms with Gasteiger partial charge < -0.3 is 18.9 Å². The molecule has 0 amide bonds. The Balaban J connectivity index is 1.19. The number of rotatable bonds is 18. The summed E-state index contributed by atoms with van der Waals surface area (Å²) in [6.07, 6.45) is 3.69. The van der Waals surface area contributed by atoms with Gasteiger partial charge in [0.05, 0.1) is 31.8 Å². The summed E-state index contributed by atoms with van der Waals surface area (Å²) in [5, 5.41) is 4.47. The minimum Gasteiger partial charge on any atom is -0.491 e. The third kappa shape index (κ3) is 8.81. The van der Waals surface area contributed by atoms with E-state index in [-0.39, 0.29) is 0 Å². The lowest BCUT2D eigenvalue weighted by atomic mass is 9.67. The van der Waals surface area contributed by atoms with E-state index in [4.69, 9.17) is 18.9 Å². The molecule has 0 spiro atoms. The molecule has 8 rings (SSSR count). The number of hydrogen-bond donors (Lipinski definition) is 0. The van der Waals surface area contributed by atoms with E-state index >= 15 is 0 Å². The van der Waals surface area contributed by atoms with Crippen molar-refractivity contribution in [3.8, 4) is 22.6 Å². The molecule has 4 nitrogen and oxygen atoms in total. The Kier molecular flexibility index (Phi) is 12.6. The second-order valence-corrected chi connectivity index (χ2v) is 15.1. The van der Waals surface area contributed by atoms with Crippen molar-refractivity contribution < 1.29 is 18.9 Å². The number of hydrogen-bond acceptors (Lipinski definition) is 4. The molecular formula is C56H50O4. The Morgan fingerprint density at radius 3 is 1.33 bits per heavy atom. The number of ether oxygens (including phenoxy) is 4. The summed E-state index contributed by atoms with van der Waals surface area (Å²) in [7, 11) is 0. The van der Waals surface area contributed by atoms with E-state index in [1.807, 2.05) is 12.2 Å². The zero-order valence-corrected chi connectivity index (χ0v) is 34.2. The Labute approximate surface area is 354 Å². The summed E-state index contributed by atoms with van der Waals surface area (Å²) in [5.41, 5.74) is 9.18. The zero-order chi connectivity index (χ0) is 41.2. The van der Waals surface area contributed by atoms with Crippen molar-refractivity contribution in [1.29, 1.82) is 0 Å². The van der Waals surface area contributed by atoms with Crippen molar-refractivity contribution in [2.24, 2.45) is 0 Å². The maximum Gasteiger partial charge on any atom is 0.124 e. The van der Waals surface area contributed by atoms with Gasteiger partial charge in [0, 0.05) is 11.1 Å². The smallest absolute Gasteiger partial charge is 0.124 e. The molecule has 0 heterocycles. The summed E-state index contributed by atoms with van der Waals surface area (Å²) < 4.78 is 25.9. The van der Waals surface area contributed by atoms with Gasteiger partial charge in [0.2, 0.25) is 0 Å². The minimum absolute atomic E-state index is 0.381. The van der Waals surface area contributed by atoms with Gasteiger partial charge in [-0.3, -0.25) is 0 Å². The van der Waals surface area contributed by atoms with Crippen LogP contribution in [0.4, 0.5) is 0 Å². The van der Waals surface area contributed by atoms with Crippen LogP contribution in [0.5, 0.6) is 11.5 Å². The van der Waals surface area contributed by atoms with Gasteiger partial charge in [-0.05, 0) is 79.5 Å². The molecular weight excluding hydrogens is 737 g/mol. The van der Waals surface area contributed by atoms with Gasteiger partial charge in [-0.2, -0.15) is 0 Å². The highest BCUT2D eigenvalue weighted by Crippen LogP contribution is 2.51. The largest absolute Gasteiger partial charge is 0.491 e. The highest BCUT2D eigenvalue weighted by Gasteiger charge is 2.39. The molecule has 0 fully saturated rings. The third-order valence-corrected chi connectivity index (χ3v) is 11.3. The van der Waals surface area contributed by atoms with Crippen molar-refractivity contribution in [3.63, 3.8) is 0 Å². The van der Waals surface area contributed by atoms with Crippen LogP contribution in [0.1, 0.15) is 45.9 Å². The van der Waals surface area contributed by atoms with Crippen LogP contribution in [-0.2, 0) is 28.1 Å². The first-order valence-corrected chi connectivity index (χ1v) is 20.6. The first-order valence-electron chi connectivity index (χ1n) is 20.6. The Morgan fingerprint density at radius 1 is 0.433 bits per heavy atom. The Morgan fingerprint density at radius 2 is 0.867 bits per heavy atom. The predicted molar refractivity (Wildman–Crippen MR) is 249 cm³/mol. The second-order valence-electron chi connectivity index (χ2n) is 15.1. The standard InChI is InChI=1S/C56H50O4/c1-4-41-19-23-43(24-20-41)39-57-35-37-59-52-33-29-47-15-9-11-17-50(47)54(52)56(3,49-31-27-46(28-32-49)45-13-7-6-8-14-45)55-51-18-12-10-16-48(51)30-34-53(55)60-38-36-58-40-44-25-21-42(5-2)22-26-44/h4-34H,1-2,35-40H2,3H3. The lowest BCUT2D eigenvalue weighted by Gasteiger charge is -2.36. The maximum atomic E-state index is 6.82. The van der Waals surface area contributed by atoms with Crippen LogP contribution >= 0.6 is 0 Å². The minimum atomic E-state index is -0.761. The van der Waals surface area contributed by atoms with E-state index < -0.39 is 5.41 Å². The third-order valence-electron chi connectivity index (χ3n) is 11.3. The van der Waals surface area contributed by atoms with Gasteiger partial charge >= 0.3 is 0 Å². The molecule has 8 aromatic carbocycles. The molecule has 0 bridgehead atoms. The van der Waals surface area contributed by atoms with Crippen molar-refractivity contribution in [1.82, 2.24) is 0 Å². The molecule has 8 aromatic rings. The molecule has 0 N–H and O–H groups in total. The molecule has 0 radical (unpaired) electrons. The summed E-state index contributed by atoms with van der Waals surface area (Å²) in [5.74, 6) is 1.60. The van der Waals surface area contributed by atoms with Gasteiger partial charge in [-0.15, -0.1) is 0 Å². The predicted octanol–water partition coefficient (Wildman–Crippen LogP) is 13.5. The molecule has 298 valence electrons. The fourth-order valence-corrected chi connectivity index (χ4v) is 8.12. The van der Waals surface area contributed by atoms with Crippen LogP contribution in [-0.4, -0.2) is 26.4 Å². The summed E-state index contributed by atoms with van der Waals surface area (Å²) in [6.45, 7) is 12.7. The highest BCUT2D eigenvalue weighted by molar-refractivity contribution is 5.95. The number of benzene rings is 8. The van der Waals surface area contributed by atoms with Crippen LogP contribution < -0.4 is 9.47 Å². The quantitative estimate of drug-likeness (QED) is 0.0641. The van der Waals surface area contributed by atoms with Gasteiger partial charge in [-0.25, -0.2) is 0 Å². The average Bonchev–Trinajstić information content (AvgIpc) is 3.31.